The Morgan fingerprint density at radius 3 is 2.65 bits per heavy atom. The number of aliphatic hydroxyl groups is 1. The zero-order chi connectivity index (χ0) is 23.8. The summed E-state index contributed by atoms with van der Waals surface area (Å²) in [6, 6.07) is 18.4. The van der Waals surface area contributed by atoms with Gasteiger partial charge in [-0.15, -0.1) is 33.9 Å². The number of furan rings is 1. The molecule has 10 heteroatoms. The number of nitrogens with zero attached hydrogens (tertiary/aromatic N) is 3. The van der Waals surface area contributed by atoms with Crippen molar-refractivity contribution in [2.45, 2.75) is 31.8 Å². The number of piperidine rings is 1. The summed E-state index contributed by atoms with van der Waals surface area (Å²) in [5, 5.41) is 20.7. The number of aryl methyl sites for hydroxylation is 1. The number of halogens is 1. The Morgan fingerprint density at radius 2 is 1.89 bits per heavy atom. The van der Waals surface area contributed by atoms with E-state index in [-0.39, 0.29) is 24.5 Å². The maximum atomic E-state index is 10.7. The number of rotatable bonds is 7. The highest BCUT2D eigenvalue weighted by Crippen LogP contribution is 2.36. The normalized spacial score (nSPS) is 15.4. The number of hydrogen-bond acceptors (Lipinski definition) is 8. The van der Waals surface area contributed by atoms with Gasteiger partial charge >= 0.3 is 0 Å². The molecule has 1 fully saturated rings. The number of fused-ring (bicyclic) bond motifs is 2. The van der Waals surface area contributed by atoms with Crippen molar-refractivity contribution in [1.82, 2.24) is 15.1 Å². The summed E-state index contributed by atoms with van der Waals surface area (Å²) in [4.78, 5) is 3.82. The van der Waals surface area contributed by atoms with E-state index in [2.05, 4.69) is 45.4 Å². The third kappa shape index (κ3) is 5.81. The van der Waals surface area contributed by atoms with Gasteiger partial charge in [0.25, 0.3) is 5.89 Å². The van der Waals surface area contributed by atoms with E-state index in [0.29, 0.717) is 41.3 Å². The average Bonchev–Trinajstić information content (AvgIpc) is 3.60. The van der Waals surface area contributed by atoms with E-state index in [9.17, 15) is 5.11 Å². The van der Waals surface area contributed by atoms with Crippen LogP contribution in [-0.4, -0.2) is 58.0 Å². The van der Waals surface area contributed by atoms with Crippen molar-refractivity contribution in [3.8, 4) is 17.4 Å². The highest BCUT2D eigenvalue weighted by molar-refractivity contribution is 7.19. The van der Waals surface area contributed by atoms with Gasteiger partial charge in [0.15, 0.2) is 5.76 Å². The molecule has 8 nitrogen and oxygen atoms in total. The number of ether oxygens (including phenoxy) is 1. The molecular formula is C27H30ClN3O5S. The molecule has 0 saturated carbocycles. The van der Waals surface area contributed by atoms with Gasteiger partial charge in [-0.3, -0.25) is 0 Å². The second-order valence-corrected chi connectivity index (χ2v) is 10.2. The number of hydrogen-bond donors (Lipinski definition) is 1. The fraction of sp³-hybridized carbons (Fsp3) is 0.333. The first-order valence-corrected chi connectivity index (χ1v) is 12.8. The van der Waals surface area contributed by atoms with E-state index < -0.39 is 6.10 Å². The van der Waals surface area contributed by atoms with Crippen LogP contribution in [0.4, 0.5) is 0 Å². The lowest BCUT2D eigenvalue weighted by molar-refractivity contribution is 0.0600. The first-order valence-electron chi connectivity index (χ1n) is 12.0. The molecule has 4 heterocycles. The van der Waals surface area contributed by atoms with Crippen molar-refractivity contribution in [3.63, 3.8) is 0 Å². The smallest absolute Gasteiger partial charge is 0.283 e. The molecule has 3 N–H and O–H groups in total. The van der Waals surface area contributed by atoms with Crippen molar-refractivity contribution in [3.05, 3.63) is 65.4 Å². The molecule has 0 spiro atoms. The van der Waals surface area contributed by atoms with Gasteiger partial charge in [-0.2, -0.15) is 0 Å². The summed E-state index contributed by atoms with van der Waals surface area (Å²) in [5.74, 6) is 2.58. The Labute approximate surface area is 224 Å². The number of benzene rings is 2. The van der Waals surface area contributed by atoms with Crippen LogP contribution in [0.2, 0.25) is 0 Å². The van der Waals surface area contributed by atoms with Gasteiger partial charge < -0.3 is 29.1 Å². The predicted molar refractivity (Wildman–Crippen MR) is 147 cm³/mol. The van der Waals surface area contributed by atoms with E-state index in [4.69, 9.17) is 13.6 Å². The maximum absolute atomic E-state index is 10.7. The van der Waals surface area contributed by atoms with Gasteiger partial charge in [0.1, 0.15) is 24.0 Å². The van der Waals surface area contributed by atoms with Gasteiger partial charge in [0, 0.05) is 29.1 Å². The third-order valence-corrected chi connectivity index (χ3v) is 7.87. The fourth-order valence-corrected chi connectivity index (χ4v) is 6.04. The molecular weight excluding hydrogens is 514 g/mol. The number of thiophene rings is 1. The van der Waals surface area contributed by atoms with Crippen LogP contribution in [0.3, 0.4) is 0 Å². The number of aromatic nitrogens is 2. The van der Waals surface area contributed by atoms with Crippen molar-refractivity contribution in [2.24, 2.45) is 0 Å². The van der Waals surface area contributed by atoms with Gasteiger partial charge in [-0.1, -0.05) is 24.3 Å². The Morgan fingerprint density at radius 1 is 1.08 bits per heavy atom. The van der Waals surface area contributed by atoms with Crippen LogP contribution >= 0.6 is 23.7 Å². The Kier molecular flexibility index (Phi) is 8.51. The van der Waals surface area contributed by atoms with Crippen LogP contribution in [0, 0.1) is 6.92 Å². The average molecular weight is 544 g/mol. The molecule has 37 heavy (non-hydrogen) atoms. The quantitative estimate of drug-likeness (QED) is 0.299. The van der Waals surface area contributed by atoms with E-state index >= 15 is 0 Å². The molecule has 5 aromatic rings. The molecule has 1 atom stereocenters. The minimum absolute atomic E-state index is 0. The van der Waals surface area contributed by atoms with E-state index in [1.807, 2.05) is 35.6 Å². The predicted octanol–water partition coefficient (Wildman–Crippen LogP) is 5.22. The van der Waals surface area contributed by atoms with Gasteiger partial charge in [-0.05, 0) is 61.5 Å². The highest BCUT2D eigenvalue weighted by Gasteiger charge is 2.24. The minimum atomic E-state index is -0.573. The lowest BCUT2D eigenvalue weighted by atomic mass is 9.95. The fourth-order valence-electron chi connectivity index (χ4n) is 4.80. The third-order valence-electron chi connectivity index (χ3n) is 6.59. The number of β-amino-alcohol motifs (C(OH)–C–C–N with tert-alkyl or cyclic N) is 1. The first kappa shape index (κ1) is 27.1. The molecule has 0 unspecified atom stereocenters. The summed E-state index contributed by atoms with van der Waals surface area (Å²) < 4.78 is 18.7. The monoisotopic (exact) mass is 543 g/mol. The summed E-state index contributed by atoms with van der Waals surface area (Å²) >= 11 is 1.92. The zero-order valence-electron chi connectivity index (χ0n) is 20.4. The van der Waals surface area contributed by atoms with E-state index in [0.717, 1.165) is 31.3 Å². The lowest BCUT2D eigenvalue weighted by Crippen LogP contribution is -2.40. The largest absolute Gasteiger partial charge is 0.490 e. The Hall–Kier alpha value is -2.95. The topological polar surface area (TPSA) is 116 Å². The van der Waals surface area contributed by atoms with Gasteiger partial charge in [0.2, 0.25) is 5.89 Å². The van der Waals surface area contributed by atoms with Crippen molar-refractivity contribution < 1.29 is 24.2 Å². The van der Waals surface area contributed by atoms with Crippen LogP contribution in [-0.2, 0) is 0 Å². The van der Waals surface area contributed by atoms with Crippen molar-refractivity contribution in [2.75, 3.05) is 26.2 Å². The van der Waals surface area contributed by atoms with Crippen LogP contribution in [0.5, 0.6) is 5.75 Å². The molecule has 1 aliphatic heterocycles. The number of likely N-dealkylation sites (tertiary alicyclic amines) is 1. The molecule has 0 radical (unpaired) electrons. The minimum Gasteiger partial charge on any atom is -0.490 e. The first-order chi connectivity index (χ1) is 17.1. The molecule has 0 bridgehead atoms. The molecule has 1 aliphatic rings. The summed E-state index contributed by atoms with van der Waals surface area (Å²) in [7, 11) is 0. The Bertz CT molecular complexity index is 1420. The highest BCUT2D eigenvalue weighted by atomic mass is 35.5. The van der Waals surface area contributed by atoms with Crippen LogP contribution in [0.25, 0.3) is 32.7 Å². The van der Waals surface area contributed by atoms with Gasteiger partial charge in [-0.25, -0.2) is 0 Å². The second kappa shape index (κ2) is 11.6. The van der Waals surface area contributed by atoms with Crippen LogP contribution in [0.15, 0.2) is 63.4 Å². The van der Waals surface area contributed by atoms with Crippen molar-refractivity contribution in [1.29, 1.82) is 0 Å². The molecule has 0 amide bonds. The second-order valence-electron chi connectivity index (χ2n) is 9.13. The number of aliphatic hydroxyl groups excluding tert-OH is 1. The van der Waals surface area contributed by atoms with Crippen LogP contribution < -0.4 is 4.74 Å². The van der Waals surface area contributed by atoms with E-state index in [1.165, 1.54) is 15.0 Å². The zero-order valence-corrected chi connectivity index (χ0v) is 22.1. The lowest BCUT2D eigenvalue weighted by Gasteiger charge is -2.32. The summed E-state index contributed by atoms with van der Waals surface area (Å²) in [6.45, 7) is 4.53. The molecule has 0 aliphatic carbocycles. The molecule has 1 saturated heterocycles. The summed E-state index contributed by atoms with van der Waals surface area (Å²) in [5.41, 5.74) is 0.672. The van der Waals surface area contributed by atoms with Crippen molar-refractivity contribution >= 4 is 44.8 Å². The molecule has 2 aromatic carbocycles. The standard InChI is InChI=1S/C27H27N3O4S.ClH.H2O/c1-17-28-29-27(33-17)24-14-21-22(6-4-7-23(21)34-24)32-16-20(31)15-30-11-9-18(10-12-30)26-13-19-5-2-3-8-25(19)35-26;;/h2-8,13-14,18,20,31H,9-12,15-16H2,1H3;1H;1H2/t20-;;/m0../s1. The Balaban J connectivity index is 0.00000160. The molecule has 6 rings (SSSR count). The molecule has 196 valence electrons. The SMILES string of the molecule is Cc1nnc(-c2cc3c(OC[C@@H](O)CN4CCC(c5cc6ccccc6s5)CC4)cccc3o2)o1.Cl.O. The maximum Gasteiger partial charge on any atom is 0.283 e. The molecule has 3 aromatic heterocycles. The van der Waals surface area contributed by atoms with E-state index in [1.54, 1.807) is 6.92 Å². The van der Waals surface area contributed by atoms with Crippen LogP contribution in [0.1, 0.15) is 29.5 Å². The summed E-state index contributed by atoms with van der Waals surface area (Å²) in [6.07, 6.45) is 1.66. The van der Waals surface area contributed by atoms with Gasteiger partial charge in [0.05, 0.1) is 5.39 Å².